The molecule has 0 N–H and O–H groups in total. The van der Waals surface area contributed by atoms with E-state index in [-0.39, 0.29) is 0 Å². The smallest absolute Gasteiger partial charge is 0.143 e. The normalized spacial score (nSPS) is 11.7. The molecule has 0 bridgehead atoms. The van der Waals surface area contributed by atoms with Gasteiger partial charge in [0.2, 0.25) is 0 Å². The Balaban J connectivity index is 1.63. The number of benzene rings is 5. The van der Waals surface area contributed by atoms with Gasteiger partial charge in [-0.2, -0.15) is 0 Å². The SMILES string of the molecule is CC(C)c1ccc2c(-c3cccc4c3oc3c(-c5ccccc5)cccc34)cccc2c1. The number of rotatable bonds is 3. The van der Waals surface area contributed by atoms with E-state index in [4.69, 9.17) is 4.42 Å². The maximum absolute atomic E-state index is 6.63. The maximum atomic E-state index is 6.63. The summed E-state index contributed by atoms with van der Waals surface area (Å²) < 4.78 is 6.63. The third-order valence-electron chi connectivity index (χ3n) is 6.47. The van der Waals surface area contributed by atoms with Crippen molar-refractivity contribution in [2.24, 2.45) is 0 Å². The van der Waals surface area contributed by atoms with Crippen molar-refractivity contribution in [1.82, 2.24) is 0 Å². The van der Waals surface area contributed by atoms with Gasteiger partial charge in [0, 0.05) is 21.9 Å². The molecule has 0 aliphatic carbocycles. The Kier molecular flexibility index (Phi) is 4.36. The second kappa shape index (κ2) is 7.39. The number of para-hydroxylation sites is 2. The summed E-state index contributed by atoms with van der Waals surface area (Å²) in [5.74, 6) is 0.512. The highest BCUT2D eigenvalue weighted by Gasteiger charge is 2.16. The average Bonchev–Trinajstić information content (AvgIpc) is 3.23. The van der Waals surface area contributed by atoms with Gasteiger partial charge in [-0.05, 0) is 33.4 Å². The number of furan rings is 1. The largest absolute Gasteiger partial charge is 0.455 e. The highest BCUT2D eigenvalue weighted by atomic mass is 16.3. The average molecular weight is 413 g/mol. The molecule has 1 heteroatoms. The van der Waals surface area contributed by atoms with Gasteiger partial charge >= 0.3 is 0 Å². The van der Waals surface area contributed by atoms with Crippen LogP contribution in [0.5, 0.6) is 0 Å². The summed E-state index contributed by atoms with van der Waals surface area (Å²) in [6.07, 6.45) is 0. The molecule has 0 radical (unpaired) electrons. The van der Waals surface area contributed by atoms with Gasteiger partial charge < -0.3 is 4.42 Å². The molecule has 1 aromatic heterocycles. The highest BCUT2D eigenvalue weighted by molar-refractivity contribution is 6.14. The van der Waals surface area contributed by atoms with Crippen molar-refractivity contribution in [3.05, 3.63) is 109 Å². The molecule has 154 valence electrons. The van der Waals surface area contributed by atoms with E-state index < -0.39 is 0 Å². The van der Waals surface area contributed by atoms with Crippen LogP contribution in [0.15, 0.2) is 108 Å². The second-order valence-corrected chi connectivity index (χ2v) is 8.77. The minimum atomic E-state index is 0.512. The summed E-state index contributed by atoms with van der Waals surface area (Å²) in [6.45, 7) is 4.48. The van der Waals surface area contributed by atoms with E-state index in [2.05, 4.69) is 111 Å². The molecule has 32 heavy (non-hydrogen) atoms. The van der Waals surface area contributed by atoms with E-state index in [9.17, 15) is 0 Å². The zero-order valence-corrected chi connectivity index (χ0v) is 18.3. The number of hydrogen-bond donors (Lipinski definition) is 0. The Labute approximate surface area is 187 Å². The molecule has 1 nitrogen and oxygen atoms in total. The van der Waals surface area contributed by atoms with Gasteiger partial charge in [-0.3, -0.25) is 0 Å². The first kappa shape index (κ1) is 18.9. The van der Waals surface area contributed by atoms with Gasteiger partial charge in [-0.1, -0.05) is 117 Å². The quantitative estimate of drug-likeness (QED) is 0.282. The lowest BCUT2D eigenvalue weighted by Gasteiger charge is -2.11. The van der Waals surface area contributed by atoms with Crippen molar-refractivity contribution in [3.63, 3.8) is 0 Å². The van der Waals surface area contributed by atoms with E-state index in [1.165, 1.54) is 27.5 Å². The monoisotopic (exact) mass is 412 g/mol. The molecule has 1 heterocycles. The number of fused-ring (bicyclic) bond motifs is 4. The first-order valence-electron chi connectivity index (χ1n) is 11.2. The topological polar surface area (TPSA) is 13.1 Å². The van der Waals surface area contributed by atoms with E-state index in [0.717, 1.165) is 33.1 Å². The Bertz CT molecular complexity index is 1590. The molecule has 6 aromatic rings. The lowest BCUT2D eigenvalue weighted by Crippen LogP contribution is -1.88. The van der Waals surface area contributed by atoms with Gasteiger partial charge in [0.15, 0.2) is 0 Å². The highest BCUT2D eigenvalue weighted by Crippen LogP contribution is 2.41. The van der Waals surface area contributed by atoms with Crippen LogP contribution in [0.2, 0.25) is 0 Å². The van der Waals surface area contributed by atoms with Crippen LogP contribution < -0.4 is 0 Å². The summed E-state index contributed by atoms with van der Waals surface area (Å²) in [5, 5.41) is 4.84. The molecule has 6 rings (SSSR count). The third kappa shape index (κ3) is 2.93. The van der Waals surface area contributed by atoms with E-state index >= 15 is 0 Å². The van der Waals surface area contributed by atoms with Crippen molar-refractivity contribution in [1.29, 1.82) is 0 Å². The van der Waals surface area contributed by atoms with E-state index in [1.807, 2.05) is 6.07 Å². The predicted molar refractivity (Wildman–Crippen MR) is 136 cm³/mol. The summed E-state index contributed by atoms with van der Waals surface area (Å²) in [6, 6.07) is 36.8. The van der Waals surface area contributed by atoms with Gasteiger partial charge in [0.05, 0.1) is 0 Å². The summed E-state index contributed by atoms with van der Waals surface area (Å²) >= 11 is 0. The van der Waals surface area contributed by atoms with Crippen molar-refractivity contribution in [2.75, 3.05) is 0 Å². The summed E-state index contributed by atoms with van der Waals surface area (Å²) in [7, 11) is 0. The lowest BCUT2D eigenvalue weighted by atomic mass is 9.93. The molecule has 0 fully saturated rings. The molecular formula is C31H24O. The van der Waals surface area contributed by atoms with Crippen LogP contribution in [-0.2, 0) is 0 Å². The van der Waals surface area contributed by atoms with Crippen LogP contribution in [0.4, 0.5) is 0 Å². The molecule has 0 amide bonds. The van der Waals surface area contributed by atoms with Crippen molar-refractivity contribution in [2.45, 2.75) is 19.8 Å². The van der Waals surface area contributed by atoms with Crippen LogP contribution in [-0.4, -0.2) is 0 Å². The fourth-order valence-electron chi connectivity index (χ4n) is 4.77. The molecule has 0 unspecified atom stereocenters. The van der Waals surface area contributed by atoms with Gasteiger partial charge in [0.25, 0.3) is 0 Å². The molecule has 0 atom stereocenters. The predicted octanol–water partition coefficient (Wildman–Crippen LogP) is 9.20. The fraction of sp³-hybridized carbons (Fsp3) is 0.0968. The minimum Gasteiger partial charge on any atom is -0.455 e. The van der Waals surface area contributed by atoms with Gasteiger partial charge in [0.1, 0.15) is 11.2 Å². The molecule has 0 aliphatic rings. The zero-order valence-electron chi connectivity index (χ0n) is 18.3. The maximum Gasteiger partial charge on any atom is 0.143 e. The first-order valence-corrected chi connectivity index (χ1v) is 11.2. The Hall–Kier alpha value is -3.84. The van der Waals surface area contributed by atoms with Crippen LogP contribution in [0, 0.1) is 0 Å². The molecule has 5 aromatic carbocycles. The van der Waals surface area contributed by atoms with Crippen molar-refractivity contribution < 1.29 is 4.42 Å². The Morgan fingerprint density at radius 1 is 0.531 bits per heavy atom. The molecule has 0 aliphatic heterocycles. The lowest BCUT2D eigenvalue weighted by molar-refractivity contribution is 0.671. The van der Waals surface area contributed by atoms with Crippen LogP contribution in [0.3, 0.4) is 0 Å². The summed E-state index contributed by atoms with van der Waals surface area (Å²) in [5.41, 5.74) is 7.91. The van der Waals surface area contributed by atoms with E-state index in [0.29, 0.717) is 5.92 Å². The van der Waals surface area contributed by atoms with Gasteiger partial charge in [-0.25, -0.2) is 0 Å². The number of hydrogen-bond acceptors (Lipinski definition) is 1. The Morgan fingerprint density at radius 3 is 1.94 bits per heavy atom. The van der Waals surface area contributed by atoms with Crippen molar-refractivity contribution >= 4 is 32.7 Å². The third-order valence-corrected chi connectivity index (χ3v) is 6.47. The summed E-state index contributed by atoms with van der Waals surface area (Å²) in [4.78, 5) is 0. The molecule has 0 saturated heterocycles. The second-order valence-electron chi connectivity index (χ2n) is 8.77. The molecule has 0 saturated carbocycles. The first-order chi connectivity index (χ1) is 15.7. The van der Waals surface area contributed by atoms with Crippen LogP contribution >= 0.6 is 0 Å². The fourth-order valence-corrected chi connectivity index (χ4v) is 4.77. The Morgan fingerprint density at radius 2 is 1.19 bits per heavy atom. The van der Waals surface area contributed by atoms with Gasteiger partial charge in [-0.15, -0.1) is 0 Å². The minimum absolute atomic E-state index is 0.512. The molecular weight excluding hydrogens is 388 g/mol. The van der Waals surface area contributed by atoms with Crippen LogP contribution in [0.1, 0.15) is 25.3 Å². The van der Waals surface area contributed by atoms with E-state index in [1.54, 1.807) is 0 Å². The zero-order chi connectivity index (χ0) is 21.7. The standard InChI is InChI=1S/C31H24O/c1-20(2)22-17-18-24-23(19-22)11-6-13-26(24)27-14-8-16-29-28-15-7-12-25(30(28)32-31(27)29)21-9-4-3-5-10-21/h3-20H,1-2H3. The van der Waals surface area contributed by atoms with Crippen molar-refractivity contribution in [3.8, 4) is 22.3 Å². The molecule has 0 spiro atoms. The van der Waals surface area contributed by atoms with Crippen LogP contribution in [0.25, 0.3) is 55.0 Å².